The normalized spacial score (nSPS) is 39.8. The van der Waals surface area contributed by atoms with Crippen molar-refractivity contribution in [2.75, 3.05) is 20.7 Å². The molecule has 5 unspecified atom stereocenters. The molecular weight excluding hydrogens is 334 g/mol. The van der Waals surface area contributed by atoms with Gasteiger partial charge in [0.15, 0.2) is 11.5 Å². The fourth-order valence-corrected chi connectivity index (χ4v) is 6.31. The van der Waals surface area contributed by atoms with Crippen molar-refractivity contribution >= 4 is 5.97 Å². The average Bonchev–Trinajstić information content (AvgIpc) is 2.96. The first-order valence-corrected chi connectivity index (χ1v) is 9.39. The second kappa shape index (κ2) is 5.14. The van der Waals surface area contributed by atoms with E-state index in [9.17, 15) is 9.90 Å². The van der Waals surface area contributed by atoms with Crippen molar-refractivity contribution in [1.29, 1.82) is 0 Å². The number of aliphatic hydroxyl groups excluding tert-OH is 1. The molecule has 6 heteroatoms. The Kier molecular flexibility index (Phi) is 3.24. The molecule has 0 aromatic heterocycles. The van der Waals surface area contributed by atoms with Gasteiger partial charge in [0.25, 0.3) is 0 Å². The molecule has 0 radical (unpaired) electrons. The van der Waals surface area contributed by atoms with Gasteiger partial charge in [-0.2, -0.15) is 0 Å². The highest BCUT2D eigenvalue weighted by Crippen LogP contribution is 2.66. The fraction of sp³-hybridized carbons (Fsp3) is 0.650. The number of hydrogen-bond acceptors (Lipinski definition) is 6. The lowest BCUT2D eigenvalue weighted by molar-refractivity contribution is -0.226. The van der Waals surface area contributed by atoms with Crippen LogP contribution in [0.15, 0.2) is 12.1 Å². The molecule has 4 aliphatic rings. The van der Waals surface area contributed by atoms with Gasteiger partial charge in [0, 0.05) is 12.5 Å². The Morgan fingerprint density at radius 1 is 1.38 bits per heavy atom. The van der Waals surface area contributed by atoms with Gasteiger partial charge in [-0.25, -0.2) is 0 Å². The molecule has 5 atom stereocenters. The monoisotopic (exact) mass is 359 g/mol. The molecule has 2 aliphatic heterocycles. The van der Waals surface area contributed by atoms with Crippen LogP contribution in [0.3, 0.4) is 0 Å². The smallest absolute Gasteiger partial charge is 0.303 e. The number of rotatable bonds is 2. The molecule has 140 valence electrons. The van der Waals surface area contributed by atoms with Gasteiger partial charge in [-0.05, 0) is 50.9 Å². The third kappa shape index (κ3) is 1.68. The minimum absolute atomic E-state index is 0.0885. The van der Waals surface area contributed by atoms with Crippen LogP contribution in [-0.4, -0.2) is 60.5 Å². The molecule has 0 amide bonds. The van der Waals surface area contributed by atoms with Crippen LogP contribution < -0.4 is 9.47 Å². The van der Waals surface area contributed by atoms with Gasteiger partial charge in [0.2, 0.25) is 0 Å². The molecule has 2 fully saturated rings. The Hall–Kier alpha value is -1.79. The summed E-state index contributed by atoms with van der Waals surface area (Å²) in [6.07, 6.45) is 1.84. The predicted molar refractivity (Wildman–Crippen MR) is 93.6 cm³/mol. The molecular formula is C20H25NO5. The molecule has 1 spiro atoms. The number of nitrogens with zero attached hydrogens (tertiary/aromatic N) is 1. The van der Waals surface area contributed by atoms with Gasteiger partial charge in [-0.3, -0.25) is 9.69 Å². The Bertz CT molecular complexity index is 795. The molecule has 2 bridgehead atoms. The van der Waals surface area contributed by atoms with Crippen LogP contribution in [0.2, 0.25) is 0 Å². The van der Waals surface area contributed by atoms with Crippen molar-refractivity contribution in [3.63, 3.8) is 0 Å². The van der Waals surface area contributed by atoms with Crippen LogP contribution in [0.1, 0.15) is 37.3 Å². The van der Waals surface area contributed by atoms with Crippen LogP contribution in [-0.2, 0) is 21.4 Å². The lowest BCUT2D eigenvalue weighted by Gasteiger charge is -2.64. The third-order valence-electron chi connectivity index (χ3n) is 7.19. The van der Waals surface area contributed by atoms with Gasteiger partial charge in [0.1, 0.15) is 11.7 Å². The summed E-state index contributed by atoms with van der Waals surface area (Å²) in [6.45, 7) is 2.37. The van der Waals surface area contributed by atoms with E-state index >= 15 is 0 Å². The van der Waals surface area contributed by atoms with E-state index in [1.165, 1.54) is 12.5 Å². The minimum atomic E-state index is -0.666. The summed E-state index contributed by atoms with van der Waals surface area (Å²) < 4.78 is 18.1. The molecule has 1 N–H and O–H groups in total. The maximum atomic E-state index is 12.2. The lowest BCUT2D eigenvalue weighted by Crippen LogP contribution is -2.77. The van der Waals surface area contributed by atoms with Crippen molar-refractivity contribution in [1.82, 2.24) is 4.90 Å². The highest BCUT2D eigenvalue weighted by atomic mass is 16.6. The zero-order valence-corrected chi connectivity index (χ0v) is 15.4. The Balaban J connectivity index is 1.83. The van der Waals surface area contributed by atoms with E-state index < -0.39 is 23.2 Å². The molecule has 1 saturated heterocycles. The topological polar surface area (TPSA) is 68.2 Å². The number of likely N-dealkylation sites (N-methyl/N-ethyl adjacent to an activating group) is 1. The maximum Gasteiger partial charge on any atom is 0.303 e. The summed E-state index contributed by atoms with van der Waals surface area (Å²) in [7, 11) is 3.74. The number of carbonyl (C=O) groups is 1. The second-order valence-corrected chi connectivity index (χ2v) is 8.18. The number of ether oxygens (including phenoxy) is 3. The number of methoxy groups -OCH3 is 1. The molecule has 5 rings (SSSR count). The van der Waals surface area contributed by atoms with Crippen LogP contribution in [0.25, 0.3) is 0 Å². The number of hydrogen-bond donors (Lipinski definition) is 1. The lowest BCUT2D eigenvalue weighted by atomic mass is 9.48. The molecule has 26 heavy (non-hydrogen) atoms. The molecule has 6 nitrogen and oxygen atoms in total. The first kappa shape index (κ1) is 16.4. The highest BCUT2D eigenvalue weighted by molar-refractivity contribution is 5.69. The van der Waals surface area contributed by atoms with Gasteiger partial charge >= 0.3 is 5.97 Å². The molecule has 2 heterocycles. The van der Waals surface area contributed by atoms with Crippen LogP contribution in [0, 0.1) is 0 Å². The predicted octanol–water partition coefficient (Wildman–Crippen LogP) is 1.41. The van der Waals surface area contributed by atoms with Crippen molar-refractivity contribution in [3.8, 4) is 11.5 Å². The number of benzene rings is 1. The van der Waals surface area contributed by atoms with E-state index in [2.05, 4.69) is 18.0 Å². The second-order valence-electron chi connectivity index (χ2n) is 8.18. The molecule has 1 aromatic rings. The molecule has 1 aromatic carbocycles. The summed E-state index contributed by atoms with van der Waals surface area (Å²) in [6, 6.07) is 4.14. The summed E-state index contributed by atoms with van der Waals surface area (Å²) in [4.78, 5) is 14.5. The van der Waals surface area contributed by atoms with E-state index in [0.717, 1.165) is 30.7 Å². The summed E-state index contributed by atoms with van der Waals surface area (Å²) >= 11 is 0. The van der Waals surface area contributed by atoms with Crippen molar-refractivity contribution < 1.29 is 24.1 Å². The van der Waals surface area contributed by atoms with Gasteiger partial charge < -0.3 is 19.3 Å². The molecule has 1 saturated carbocycles. The largest absolute Gasteiger partial charge is 0.493 e. The standard InChI is InChI=1S/C20H25NO5/c1-11(22)26-20-7-6-13(23)18-19(20)8-9-21(2)15(20)10-12-4-5-14(24-3)17(25-18)16(12)19/h4-5,13,15,18,23H,6-10H2,1-3H3. The zero-order valence-electron chi connectivity index (χ0n) is 15.4. The molecule has 2 aliphatic carbocycles. The van der Waals surface area contributed by atoms with Gasteiger partial charge in [-0.15, -0.1) is 0 Å². The van der Waals surface area contributed by atoms with Crippen molar-refractivity contribution in [2.45, 2.75) is 61.9 Å². The first-order valence-electron chi connectivity index (χ1n) is 9.39. The van der Waals surface area contributed by atoms with E-state index in [1.54, 1.807) is 7.11 Å². The van der Waals surface area contributed by atoms with E-state index in [0.29, 0.717) is 18.6 Å². The van der Waals surface area contributed by atoms with E-state index in [-0.39, 0.29) is 12.0 Å². The quantitative estimate of drug-likeness (QED) is 0.806. The number of likely N-dealkylation sites (tertiary alicyclic amines) is 1. The highest BCUT2D eigenvalue weighted by Gasteiger charge is 2.74. The Morgan fingerprint density at radius 3 is 2.92 bits per heavy atom. The van der Waals surface area contributed by atoms with Crippen molar-refractivity contribution in [2.24, 2.45) is 0 Å². The third-order valence-corrected chi connectivity index (χ3v) is 7.19. The summed E-state index contributed by atoms with van der Waals surface area (Å²) in [5.74, 6) is 1.16. The van der Waals surface area contributed by atoms with Gasteiger partial charge in [0.05, 0.1) is 24.7 Å². The van der Waals surface area contributed by atoms with Crippen LogP contribution >= 0.6 is 0 Å². The number of aliphatic hydroxyl groups is 1. The number of carbonyl (C=O) groups excluding carboxylic acids is 1. The average molecular weight is 359 g/mol. The maximum absolute atomic E-state index is 12.2. The summed E-state index contributed by atoms with van der Waals surface area (Å²) in [5, 5.41) is 10.8. The fourth-order valence-electron chi connectivity index (χ4n) is 6.31. The van der Waals surface area contributed by atoms with Crippen LogP contribution in [0.5, 0.6) is 11.5 Å². The SMILES string of the molecule is COc1ccc2c3c1OC1C(O)CCC4(OC(C)=O)C(C2)N(C)CCC314. The minimum Gasteiger partial charge on any atom is -0.493 e. The first-order chi connectivity index (χ1) is 12.4. The zero-order chi connectivity index (χ0) is 18.3. The number of esters is 1. The van der Waals surface area contributed by atoms with Gasteiger partial charge in [-0.1, -0.05) is 6.07 Å². The van der Waals surface area contributed by atoms with Crippen molar-refractivity contribution in [3.05, 3.63) is 23.3 Å². The number of piperidine rings is 1. The van der Waals surface area contributed by atoms with E-state index in [1.807, 2.05) is 6.07 Å². The Labute approximate surface area is 153 Å². The Morgan fingerprint density at radius 2 is 2.19 bits per heavy atom. The van der Waals surface area contributed by atoms with Crippen LogP contribution in [0.4, 0.5) is 0 Å². The van der Waals surface area contributed by atoms with E-state index in [4.69, 9.17) is 14.2 Å². The summed E-state index contributed by atoms with van der Waals surface area (Å²) in [5.41, 5.74) is 1.15.